The third kappa shape index (κ3) is 2.00. The second kappa shape index (κ2) is 4.99. The van der Waals surface area contributed by atoms with Crippen molar-refractivity contribution < 1.29 is 14.3 Å². The fourth-order valence-corrected chi connectivity index (χ4v) is 2.72. The number of morpholine rings is 1. The molecule has 114 valence electrons. The Morgan fingerprint density at radius 3 is 2.68 bits per heavy atom. The smallest absolute Gasteiger partial charge is 0.376 e. The summed E-state index contributed by atoms with van der Waals surface area (Å²) < 4.78 is 10.0. The van der Waals surface area contributed by atoms with Gasteiger partial charge in [0.05, 0.1) is 36.9 Å². The largest absolute Gasteiger partial charge is 0.463 e. The highest BCUT2D eigenvalue weighted by atomic mass is 16.5. The van der Waals surface area contributed by atoms with E-state index in [4.69, 9.17) is 4.74 Å². The quantitative estimate of drug-likeness (QED) is 0.687. The van der Waals surface area contributed by atoms with Crippen molar-refractivity contribution in [1.29, 1.82) is 0 Å². The highest BCUT2D eigenvalue weighted by molar-refractivity contribution is 6.00. The summed E-state index contributed by atoms with van der Waals surface area (Å²) in [5.74, 6) is 0.560. The maximum atomic E-state index is 11.5. The predicted molar refractivity (Wildman–Crippen MR) is 80.1 cm³/mol. The van der Waals surface area contributed by atoms with Gasteiger partial charge in [0.25, 0.3) is 0 Å². The van der Waals surface area contributed by atoms with Crippen LogP contribution in [0, 0.1) is 0 Å². The van der Waals surface area contributed by atoms with Gasteiger partial charge in [-0.15, -0.1) is 0 Å². The molecular weight excluding hydrogens is 286 g/mol. The molecule has 22 heavy (non-hydrogen) atoms. The van der Waals surface area contributed by atoms with E-state index < -0.39 is 5.97 Å². The molecule has 2 N–H and O–H groups in total. The Bertz CT molecular complexity index is 847. The number of aromatic amines is 2. The lowest BCUT2D eigenvalue weighted by Crippen LogP contribution is -2.36. The molecule has 1 saturated heterocycles. The van der Waals surface area contributed by atoms with Crippen LogP contribution in [0.1, 0.15) is 10.6 Å². The van der Waals surface area contributed by atoms with Crippen LogP contribution in [0.4, 0.5) is 5.82 Å². The zero-order valence-electron chi connectivity index (χ0n) is 12.0. The second-order valence-electron chi connectivity index (χ2n) is 5.12. The van der Waals surface area contributed by atoms with Crippen molar-refractivity contribution in [2.24, 2.45) is 0 Å². The number of carbonyl (C=O) groups excluding carboxylic acids is 1. The molecule has 0 radical (unpaired) electrons. The first-order valence-corrected chi connectivity index (χ1v) is 7.05. The second-order valence-corrected chi connectivity index (χ2v) is 5.12. The number of rotatable bonds is 2. The van der Waals surface area contributed by atoms with E-state index in [1.807, 2.05) is 12.1 Å². The van der Waals surface area contributed by atoms with Crippen LogP contribution in [0.2, 0.25) is 0 Å². The molecule has 1 aliphatic heterocycles. The van der Waals surface area contributed by atoms with Crippen molar-refractivity contribution in [2.75, 3.05) is 38.3 Å². The Kier molecular flexibility index (Phi) is 2.97. The van der Waals surface area contributed by atoms with Crippen LogP contribution in [-0.4, -0.2) is 59.5 Å². The normalized spacial score (nSPS) is 15.6. The maximum absolute atomic E-state index is 11.5. The molecule has 1 fully saturated rings. The van der Waals surface area contributed by atoms with E-state index in [-0.39, 0.29) is 5.82 Å². The minimum absolute atomic E-state index is 0.0852. The highest BCUT2D eigenvalue weighted by Gasteiger charge is 2.18. The highest BCUT2D eigenvalue weighted by Crippen LogP contribution is 2.28. The number of carbonyl (C=O) groups is 1. The van der Waals surface area contributed by atoms with Gasteiger partial charge in [-0.2, -0.15) is 0 Å². The van der Waals surface area contributed by atoms with Crippen LogP contribution >= 0.6 is 0 Å². The summed E-state index contributed by atoms with van der Waals surface area (Å²) in [5.41, 5.74) is 2.26. The third-order valence-electron chi connectivity index (χ3n) is 3.83. The number of ether oxygens (including phenoxy) is 2. The molecular formula is C14H15N5O3. The summed E-state index contributed by atoms with van der Waals surface area (Å²) in [7, 11) is 1.32. The van der Waals surface area contributed by atoms with Gasteiger partial charge in [-0.1, -0.05) is 0 Å². The summed E-state index contributed by atoms with van der Waals surface area (Å²) in [6.45, 7) is 3.10. The van der Waals surface area contributed by atoms with Crippen molar-refractivity contribution in [3.8, 4) is 0 Å². The molecule has 1 aromatic carbocycles. The molecule has 0 aliphatic carbocycles. The molecule has 3 heterocycles. The van der Waals surface area contributed by atoms with Crippen LogP contribution in [0.15, 0.2) is 12.1 Å². The predicted octanol–water partition coefficient (Wildman–Crippen LogP) is 1.06. The monoisotopic (exact) mass is 301 g/mol. The molecule has 2 aromatic heterocycles. The van der Waals surface area contributed by atoms with Gasteiger partial charge in [-0.25, -0.2) is 14.8 Å². The lowest BCUT2D eigenvalue weighted by atomic mass is 10.2. The lowest BCUT2D eigenvalue weighted by Gasteiger charge is -2.27. The molecule has 0 atom stereocenters. The topological polar surface area (TPSA) is 96.1 Å². The zero-order chi connectivity index (χ0) is 15.1. The minimum Gasteiger partial charge on any atom is -0.463 e. The molecule has 0 amide bonds. The number of anilines is 1. The SMILES string of the molecule is COC(=O)c1nc2cc3[nH][nH]c(N4CCOCC4)c3cc2n1. The van der Waals surface area contributed by atoms with Crippen LogP contribution in [0.25, 0.3) is 21.9 Å². The summed E-state index contributed by atoms with van der Waals surface area (Å²) in [6, 6.07) is 3.81. The summed E-state index contributed by atoms with van der Waals surface area (Å²) in [6.07, 6.45) is 0. The first-order valence-electron chi connectivity index (χ1n) is 7.05. The number of hydrogen-bond acceptors (Lipinski definition) is 6. The number of nitrogens with zero attached hydrogens (tertiary/aromatic N) is 3. The van der Waals surface area contributed by atoms with Crippen molar-refractivity contribution in [1.82, 2.24) is 20.2 Å². The first-order chi connectivity index (χ1) is 10.8. The van der Waals surface area contributed by atoms with Gasteiger partial charge >= 0.3 is 5.97 Å². The Morgan fingerprint density at radius 2 is 1.95 bits per heavy atom. The fourth-order valence-electron chi connectivity index (χ4n) is 2.72. The summed E-state index contributed by atoms with van der Waals surface area (Å²) in [5, 5.41) is 7.35. The Balaban J connectivity index is 1.82. The number of hydrogen-bond donors (Lipinski definition) is 2. The number of imidazole rings is 1. The average molecular weight is 301 g/mol. The standard InChI is InChI=1S/C14H15N5O3/c1-21-14(20)12-15-10-6-8-9(7-11(10)16-12)17-18-13(8)19-2-4-22-5-3-19/h6-7,17-18H,2-5H2,1H3. The number of nitrogens with one attached hydrogen (secondary N) is 2. The summed E-state index contributed by atoms with van der Waals surface area (Å²) in [4.78, 5) is 22.2. The van der Waals surface area contributed by atoms with Crippen molar-refractivity contribution in [3.63, 3.8) is 0 Å². The molecule has 0 spiro atoms. The van der Waals surface area contributed by atoms with E-state index in [0.717, 1.165) is 29.8 Å². The number of benzene rings is 1. The van der Waals surface area contributed by atoms with Crippen molar-refractivity contribution in [3.05, 3.63) is 18.0 Å². The van der Waals surface area contributed by atoms with Crippen LogP contribution in [0.3, 0.4) is 0 Å². The average Bonchev–Trinajstić information content (AvgIpc) is 3.15. The van der Waals surface area contributed by atoms with Crippen molar-refractivity contribution in [2.45, 2.75) is 0 Å². The van der Waals surface area contributed by atoms with Gasteiger partial charge in [0.15, 0.2) is 0 Å². The van der Waals surface area contributed by atoms with E-state index in [9.17, 15) is 4.79 Å². The number of H-pyrrole nitrogens is 2. The van der Waals surface area contributed by atoms with Gasteiger partial charge in [0.2, 0.25) is 5.82 Å². The molecule has 0 bridgehead atoms. The molecule has 3 aromatic rings. The number of methoxy groups -OCH3 is 1. The number of esters is 1. The minimum atomic E-state index is -0.528. The van der Waals surface area contributed by atoms with E-state index >= 15 is 0 Å². The molecule has 8 heteroatoms. The van der Waals surface area contributed by atoms with Crippen LogP contribution < -0.4 is 4.90 Å². The van der Waals surface area contributed by atoms with Gasteiger partial charge in [-0.05, 0) is 12.1 Å². The summed E-state index contributed by atoms with van der Waals surface area (Å²) >= 11 is 0. The van der Waals surface area contributed by atoms with E-state index in [1.165, 1.54) is 7.11 Å². The van der Waals surface area contributed by atoms with Crippen LogP contribution in [-0.2, 0) is 9.47 Å². The molecule has 0 unspecified atom stereocenters. The first kappa shape index (κ1) is 13.1. The molecule has 4 rings (SSSR count). The molecule has 8 nitrogen and oxygen atoms in total. The third-order valence-corrected chi connectivity index (χ3v) is 3.83. The van der Waals surface area contributed by atoms with E-state index in [0.29, 0.717) is 24.2 Å². The molecule has 1 aliphatic rings. The number of aromatic nitrogens is 4. The van der Waals surface area contributed by atoms with Gasteiger partial charge < -0.3 is 14.4 Å². The molecule has 0 saturated carbocycles. The Morgan fingerprint density at radius 1 is 1.23 bits per heavy atom. The number of fused-ring (bicyclic) bond motifs is 2. The Labute approximate surface area is 125 Å². The van der Waals surface area contributed by atoms with Gasteiger partial charge in [-0.3, -0.25) is 10.2 Å². The van der Waals surface area contributed by atoms with Crippen LogP contribution in [0.5, 0.6) is 0 Å². The van der Waals surface area contributed by atoms with E-state index in [2.05, 4.69) is 29.8 Å². The van der Waals surface area contributed by atoms with Gasteiger partial charge in [0.1, 0.15) is 5.82 Å². The Hall–Kier alpha value is -2.61. The fraction of sp³-hybridized carbons (Fsp3) is 0.357. The zero-order valence-corrected chi connectivity index (χ0v) is 12.0. The van der Waals surface area contributed by atoms with Gasteiger partial charge in [0, 0.05) is 18.5 Å². The maximum Gasteiger partial charge on any atom is 0.376 e. The lowest BCUT2D eigenvalue weighted by molar-refractivity contribution is 0.0588. The van der Waals surface area contributed by atoms with E-state index in [1.54, 1.807) is 0 Å². The van der Waals surface area contributed by atoms with Crippen molar-refractivity contribution >= 4 is 33.7 Å².